The molecule has 1 aliphatic heterocycles. The second kappa shape index (κ2) is 8.39. The molecule has 0 bridgehead atoms. The van der Waals surface area contributed by atoms with E-state index in [1.54, 1.807) is 18.2 Å². The number of rotatable bonds is 7. The number of amides is 2. The minimum Gasteiger partial charge on any atom is -0.454 e. The van der Waals surface area contributed by atoms with Crippen molar-refractivity contribution in [2.75, 3.05) is 32.2 Å². The fourth-order valence-electron chi connectivity index (χ4n) is 2.67. The summed E-state index contributed by atoms with van der Waals surface area (Å²) in [5.41, 5.74) is 1.97. The lowest BCUT2D eigenvalue weighted by atomic mass is 10.2. The van der Waals surface area contributed by atoms with E-state index in [4.69, 9.17) is 9.47 Å². The van der Waals surface area contributed by atoms with Gasteiger partial charge < -0.3 is 25.0 Å². The van der Waals surface area contributed by atoms with Crippen LogP contribution in [0.3, 0.4) is 0 Å². The maximum absolute atomic E-state index is 11.9. The van der Waals surface area contributed by atoms with Gasteiger partial charge in [0.1, 0.15) is 0 Å². The Bertz CT molecular complexity index is 706. The summed E-state index contributed by atoms with van der Waals surface area (Å²) in [6.07, 6.45) is 0.887. The van der Waals surface area contributed by atoms with Crippen molar-refractivity contribution in [2.45, 2.75) is 13.0 Å². The summed E-state index contributed by atoms with van der Waals surface area (Å²) < 4.78 is 10.5. The van der Waals surface area contributed by atoms with Gasteiger partial charge >= 0.3 is 6.03 Å². The van der Waals surface area contributed by atoms with Crippen molar-refractivity contribution in [3.05, 3.63) is 54.1 Å². The Morgan fingerprint density at radius 1 is 1.12 bits per heavy atom. The Labute approximate surface area is 147 Å². The van der Waals surface area contributed by atoms with E-state index in [2.05, 4.69) is 34.7 Å². The highest BCUT2D eigenvalue weighted by molar-refractivity contribution is 5.89. The fraction of sp³-hybridized carbons (Fsp3) is 0.316. The Morgan fingerprint density at radius 2 is 1.92 bits per heavy atom. The van der Waals surface area contributed by atoms with Gasteiger partial charge in [-0.05, 0) is 37.7 Å². The molecule has 0 spiro atoms. The van der Waals surface area contributed by atoms with Gasteiger partial charge in [0.15, 0.2) is 11.5 Å². The molecule has 2 N–H and O–H groups in total. The molecule has 1 aliphatic rings. The number of anilines is 1. The van der Waals surface area contributed by atoms with Gasteiger partial charge in [-0.25, -0.2) is 4.79 Å². The number of carbonyl (C=O) groups is 1. The summed E-state index contributed by atoms with van der Waals surface area (Å²) in [6.45, 7) is 2.67. The zero-order valence-corrected chi connectivity index (χ0v) is 14.3. The zero-order chi connectivity index (χ0) is 17.5. The van der Waals surface area contributed by atoms with Crippen molar-refractivity contribution < 1.29 is 14.3 Å². The van der Waals surface area contributed by atoms with Gasteiger partial charge in [-0.2, -0.15) is 0 Å². The van der Waals surface area contributed by atoms with E-state index < -0.39 is 0 Å². The predicted molar refractivity (Wildman–Crippen MR) is 97.0 cm³/mol. The van der Waals surface area contributed by atoms with Gasteiger partial charge in [0, 0.05) is 24.8 Å². The minimum absolute atomic E-state index is 0.218. The molecule has 25 heavy (non-hydrogen) atoms. The molecule has 0 unspecified atom stereocenters. The predicted octanol–water partition coefficient (Wildman–Crippen LogP) is 3.06. The lowest BCUT2D eigenvalue weighted by molar-refractivity contribution is 0.174. The van der Waals surface area contributed by atoms with Gasteiger partial charge in [-0.15, -0.1) is 0 Å². The number of hydrogen-bond donors (Lipinski definition) is 2. The van der Waals surface area contributed by atoms with E-state index in [0.717, 1.165) is 19.5 Å². The SMILES string of the molecule is CN(CCCNC(=O)Nc1ccc2c(c1)OCO2)Cc1ccccc1. The maximum atomic E-state index is 11.9. The average Bonchev–Trinajstić information content (AvgIpc) is 3.07. The zero-order valence-electron chi connectivity index (χ0n) is 14.3. The third-order valence-electron chi connectivity index (χ3n) is 3.93. The molecular weight excluding hydrogens is 318 g/mol. The normalized spacial score (nSPS) is 12.2. The highest BCUT2D eigenvalue weighted by Gasteiger charge is 2.13. The first-order chi connectivity index (χ1) is 12.2. The maximum Gasteiger partial charge on any atom is 0.319 e. The first-order valence-electron chi connectivity index (χ1n) is 8.38. The number of nitrogens with one attached hydrogen (secondary N) is 2. The summed E-state index contributed by atoms with van der Waals surface area (Å²) in [5.74, 6) is 1.35. The standard InChI is InChI=1S/C19H23N3O3/c1-22(13-15-6-3-2-4-7-15)11-5-10-20-19(23)21-16-8-9-17-18(12-16)25-14-24-17/h2-4,6-9,12H,5,10-11,13-14H2,1H3,(H2,20,21,23). The molecular formula is C19H23N3O3. The number of ether oxygens (including phenoxy) is 2. The van der Waals surface area contributed by atoms with Gasteiger partial charge in [0.25, 0.3) is 0 Å². The van der Waals surface area contributed by atoms with Crippen LogP contribution in [-0.2, 0) is 6.54 Å². The number of nitrogens with zero attached hydrogens (tertiary/aromatic N) is 1. The van der Waals surface area contributed by atoms with Crippen molar-refractivity contribution in [1.29, 1.82) is 0 Å². The lowest BCUT2D eigenvalue weighted by Crippen LogP contribution is -2.31. The van der Waals surface area contributed by atoms with E-state index in [1.807, 2.05) is 18.2 Å². The smallest absolute Gasteiger partial charge is 0.319 e. The van der Waals surface area contributed by atoms with E-state index in [1.165, 1.54) is 5.56 Å². The highest BCUT2D eigenvalue weighted by Crippen LogP contribution is 2.34. The summed E-state index contributed by atoms with van der Waals surface area (Å²) in [6, 6.07) is 15.5. The van der Waals surface area contributed by atoms with E-state index in [9.17, 15) is 4.79 Å². The Morgan fingerprint density at radius 3 is 2.76 bits per heavy atom. The number of fused-ring (bicyclic) bond motifs is 1. The lowest BCUT2D eigenvalue weighted by Gasteiger charge is -2.16. The molecule has 2 aromatic rings. The van der Waals surface area contributed by atoms with Crippen LogP contribution in [0.1, 0.15) is 12.0 Å². The average molecular weight is 341 g/mol. The second-order valence-electron chi connectivity index (χ2n) is 6.03. The van der Waals surface area contributed by atoms with Gasteiger partial charge in [0.2, 0.25) is 6.79 Å². The van der Waals surface area contributed by atoms with Gasteiger partial charge in [-0.3, -0.25) is 0 Å². The molecule has 0 radical (unpaired) electrons. The van der Waals surface area contributed by atoms with Crippen molar-refractivity contribution in [3.63, 3.8) is 0 Å². The van der Waals surface area contributed by atoms with Crippen LogP contribution in [0.15, 0.2) is 48.5 Å². The highest BCUT2D eigenvalue weighted by atomic mass is 16.7. The molecule has 2 aromatic carbocycles. The molecule has 132 valence electrons. The molecule has 3 rings (SSSR count). The van der Waals surface area contributed by atoms with Crippen LogP contribution >= 0.6 is 0 Å². The largest absolute Gasteiger partial charge is 0.454 e. The van der Waals surface area contributed by atoms with Crippen molar-refractivity contribution in [3.8, 4) is 11.5 Å². The van der Waals surface area contributed by atoms with Crippen LogP contribution in [0.2, 0.25) is 0 Å². The third kappa shape index (κ3) is 5.12. The number of hydrogen-bond acceptors (Lipinski definition) is 4. The molecule has 0 saturated carbocycles. The molecule has 0 aromatic heterocycles. The van der Waals surface area contributed by atoms with Crippen LogP contribution in [0.4, 0.5) is 10.5 Å². The van der Waals surface area contributed by atoms with Gasteiger partial charge in [0.05, 0.1) is 0 Å². The summed E-state index contributed by atoms with van der Waals surface area (Å²) >= 11 is 0. The Balaban J connectivity index is 1.34. The van der Waals surface area contributed by atoms with Crippen molar-refractivity contribution in [1.82, 2.24) is 10.2 Å². The van der Waals surface area contributed by atoms with Gasteiger partial charge in [-0.1, -0.05) is 30.3 Å². The van der Waals surface area contributed by atoms with E-state index in [0.29, 0.717) is 23.7 Å². The van der Waals surface area contributed by atoms with E-state index >= 15 is 0 Å². The molecule has 0 saturated heterocycles. The molecule has 1 heterocycles. The number of benzene rings is 2. The quantitative estimate of drug-likeness (QED) is 0.760. The first-order valence-corrected chi connectivity index (χ1v) is 8.38. The molecule has 0 fully saturated rings. The summed E-state index contributed by atoms with van der Waals surface area (Å²) in [4.78, 5) is 14.2. The second-order valence-corrected chi connectivity index (χ2v) is 6.03. The minimum atomic E-state index is -0.218. The first kappa shape index (κ1) is 17.1. The topological polar surface area (TPSA) is 62.8 Å². The summed E-state index contributed by atoms with van der Waals surface area (Å²) in [7, 11) is 2.08. The molecule has 2 amide bonds. The number of urea groups is 1. The van der Waals surface area contributed by atoms with Crippen molar-refractivity contribution >= 4 is 11.7 Å². The molecule has 6 nitrogen and oxygen atoms in total. The third-order valence-corrected chi connectivity index (χ3v) is 3.93. The van der Waals surface area contributed by atoms with Crippen LogP contribution in [0.5, 0.6) is 11.5 Å². The molecule has 6 heteroatoms. The summed E-state index contributed by atoms with van der Waals surface area (Å²) in [5, 5.41) is 5.67. The molecule has 0 aliphatic carbocycles. The Kier molecular flexibility index (Phi) is 5.74. The van der Waals surface area contributed by atoms with Crippen LogP contribution < -0.4 is 20.1 Å². The van der Waals surface area contributed by atoms with E-state index in [-0.39, 0.29) is 12.8 Å². The fourth-order valence-corrected chi connectivity index (χ4v) is 2.67. The van der Waals surface area contributed by atoms with Crippen LogP contribution in [-0.4, -0.2) is 37.9 Å². The van der Waals surface area contributed by atoms with Crippen LogP contribution in [0, 0.1) is 0 Å². The Hall–Kier alpha value is -2.73. The number of carbonyl (C=O) groups excluding carboxylic acids is 1. The molecule has 0 atom stereocenters. The monoisotopic (exact) mass is 341 g/mol. The van der Waals surface area contributed by atoms with Crippen molar-refractivity contribution in [2.24, 2.45) is 0 Å². The van der Waals surface area contributed by atoms with Crippen LogP contribution in [0.25, 0.3) is 0 Å².